The lowest BCUT2D eigenvalue weighted by Gasteiger charge is -2.34. The molecule has 2 fully saturated rings. The Morgan fingerprint density at radius 3 is 2.77 bits per heavy atom. The molecule has 4 heterocycles. The summed E-state index contributed by atoms with van der Waals surface area (Å²) in [7, 11) is 0. The Kier molecular flexibility index (Phi) is 5.16. The van der Waals surface area contributed by atoms with Crippen LogP contribution < -0.4 is 5.32 Å². The van der Waals surface area contributed by atoms with Gasteiger partial charge < -0.3 is 15.2 Å². The Bertz CT molecular complexity index is 1100. The second kappa shape index (κ2) is 7.98. The maximum atomic E-state index is 15.0. The van der Waals surface area contributed by atoms with Gasteiger partial charge in [-0.25, -0.2) is 9.37 Å². The molecular weight excluding hydrogens is 395 g/mol. The molecule has 8 heteroatoms. The van der Waals surface area contributed by atoms with Crippen LogP contribution in [-0.4, -0.2) is 55.9 Å². The van der Waals surface area contributed by atoms with Gasteiger partial charge in [0, 0.05) is 54.1 Å². The summed E-state index contributed by atoms with van der Waals surface area (Å²) in [4.78, 5) is 21.0. The molecule has 3 aromatic rings. The van der Waals surface area contributed by atoms with E-state index < -0.39 is 6.17 Å². The Morgan fingerprint density at radius 2 is 2.03 bits per heavy atom. The molecule has 164 valence electrons. The van der Waals surface area contributed by atoms with Crippen molar-refractivity contribution in [3.8, 4) is 11.1 Å². The van der Waals surface area contributed by atoms with E-state index >= 15 is 0 Å². The Morgan fingerprint density at radius 1 is 1.23 bits per heavy atom. The van der Waals surface area contributed by atoms with Crippen LogP contribution in [0.2, 0.25) is 0 Å². The summed E-state index contributed by atoms with van der Waals surface area (Å²) < 4.78 is 16.8. The van der Waals surface area contributed by atoms with E-state index in [2.05, 4.69) is 26.4 Å². The van der Waals surface area contributed by atoms with Crippen molar-refractivity contribution in [2.24, 2.45) is 0 Å². The minimum absolute atomic E-state index is 0.0764. The average Bonchev–Trinajstić information content (AvgIpc) is 3.50. The number of hydrogen-bond donors (Lipinski definition) is 2. The van der Waals surface area contributed by atoms with E-state index in [9.17, 15) is 9.18 Å². The highest BCUT2D eigenvalue weighted by Crippen LogP contribution is 2.38. The summed E-state index contributed by atoms with van der Waals surface area (Å²) >= 11 is 0. The fourth-order valence-corrected chi connectivity index (χ4v) is 5.12. The van der Waals surface area contributed by atoms with Crippen molar-refractivity contribution in [1.29, 1.82) is 0 Å². The normalized spacial score (nSPS) is 22.4. The summed E-state index contributed by atoms with van der Waals surface area (Å²) in [6.45, 7) is 4.17. The number of carbonyl (C=O) groups excluding carboxylic acids is 1. The zero-order chi connectivity index (χ0) is 21.5. The Labute approximate surface area is 181 Å². The van der Waals surface area contributed by atoms with Crippen LogP contribution in [0.15, 0.2) is 24.7 Å². The van der Waals surface area contributed by atoms with Gasteiger partial charge in [-0.1, -0.05) is 12.8 Å². The van der Waals surface area contributed by atoms with E-state index in [-0.39, 0.29) is 18.5 Å². The number of nitrogens with one attached hydrogen (secondary N) is 2. The van der Waals surface area contributed by atoms with Crippen LogP contribution in [-0.2, 0) is 4.79 Å². The molecule has 1 saturated heterocycles. The fourth-order valence-electron chi connectivity index (χ4n) is 5.12. The standard InChI is InChI=1S/C23H29FN6O/c1-14-18(12-27-30(14)21-8-10-29(15(2)31)13-20(21)24)19-11-26-23-17(7-9-25-23)22(19)28-16-5-3-4-6-16/h7,9,11-12,16,20-21H,3-6,8,10,13H2,1-2H3,(H2,25,26,28)/t20-,21-/m0/s1. The molecule has 2 atom stereocenters. The zero-order valence-corrected chi connectivity index (χ0v) is 18.1. The second-order valence-electron chi connectivity index (χ2n) is 8.84. The molecule has 5 rings (SSSR count). The van der Waals surface area contributed by atoms with Gasteiger partial charge in [0.2, 0.25) is 5.91 Å². The first-order valence-corrected chi connectivity index (χ1v) is 11.2. The molecule has 0 aromatic carbocycles. The van der Waals surface area contributed by atoms with Crippen molar-refractivity contribution < 1.29 is 9.18 Å². The number of nitrogens with zero attached hydrogens (tertiary/aromatic N) is 4. The third kappa shape index (κ3) is 3.58. The third-order valence-corrected chi connectivity index (χ3v) is 6.89. The average molecular weight is 425 g/mol. The lowest BCUT2D eigenvalue weighted by atomic mass is 10.0. The first-order valence-electron chi connectivity index (χ1n) is 11.2. The minimum atomic E-state index is -1.13. The van der Waals surface area contributed by atoms with Crippen molar-refractivity contribution in [3.63, 3.8) is 0 Å². The SMILES string of the molecule is CC(=O)N1CC[C@H](n2ncc(-c3cnc4[nH]ccc4c3NC3CCCC3)c2C)[C@@H](F)C1. The highest BCUT2D eigenvalue weighted by Gasteiger charge is 2.33. The number of anilines is 1. The molecule has 2 aliphatic rings. The van der Waals surface area contributed by atoms with Gasteiger partial charge >= 0.3 is 0 Å². The van der Waals surface area contributed by atoms with Gasteiger partial charge in [-0.05, 0) is 32.3 Å². The van der Waals surface area contributed by atoms with Crippen LogP contribution in [0.1, 0.15) is 50.8 Å². The minimum Gasteiger partial charge on any atom is -0.381 e. The van der Waals surface area contributed by atoms with E-state index in [1.165, 1.54) is 32.6 Å². The van der Waals surface area contributed by atoms with Gasteiger partial charge in [0.05, 0.1) is 24.5 Å². The third-order valence-electron chi connectivity index (χ3n) is 6.89. The summed E-state index contributed by atoms with van der Waals surface area (Å²) in [5.41, 5.74) is 4.82. The largest absolute Gasteiger partial charge is 0.381 e. The molecule has 7 nitrogen and oxygen atoms in total. The molecule has 1 aliphatic carbocycles. The number of fused-ring (bicyclic) bond motifs is 1. The molecule has 1 saturated carbocycles. The van der Waals surface area contributed by atoms with Gasteiger partial charge in [0.15, 0.2) is 0 Å². The molecule has 0 bridgehead atoms. The second-order valence-corrected chi connectivity index (χ2v) is 8.84. The van der Waals surface area contributed by atoms with Crippen LogP contribution in [0.25, 0.3) is 22.2 Å². The lowest BCUT2D eigenvalue weighted by Crippen LogP contribution is -2.45. The van der Waals surface area contributed by atoms with E-state index in [0.717, 1.165) is 33.5 Å². The van der Waals surface area contributed by atoms with Crippen molar-refractivity contribution in [2.45, 2.75) is 64.2 Å². The van der Waals surface area contributed by atoms with E-state index in [4.69, 9.17) is 0 Å². The van der Waals surface area contributed by atoms with Crippen molar-refractivity contribution in [1.82, 2.24) is 24.6 Å². The maximum Gasteiger partial charge on any atom is 0.219 e. The lowest BCUT2D eigenvalue weighted by molar-refractivity contribution is -0.131. The van der Waals surface area contributed by atoms with Gasteiger partial charge in [0.25, 0.3) is 0 Å². The number of rotatable bonds is 4. The van der Waals surface area contributed by atoms with Crippen LogP contribution >= 0.6 is 0 Å². The molecule has 3 aromatic heterocycles. The zero-order valence-electron chi connectivity index (χ0n) is 18.1. The topological polar surface area (TPSA) is 78.8 Å². The van der Waals surface area contributed by atoms with E-state index in [1.54, 1.807) is 9.58 Å². The molecule has 1 amide bonds. The van der Waals surface area contributed by atoms with Crippen LogP contribution in [0.5, 0.6) is 0 Å². The molecule has 31 heavy (non-hydrogen) atoms. The molecule has 0 unspecified atom stereocenters. The molecule has 0 spiro atoms. The van der Waals surface area contributed by atoms with Crippen LogP contribution in [0.3, 0.4) is 0 Å². The Balaban J connectivity index is 1.50. The van der Waals surface area contributed by atoms with Gasteiger partial charge in [-0.3, -0.25) is 9.48 Å². The number of hydrogen-bond acceptors (Lipinski definition) is 4. The number of pyridine rings is 1. The molecule has 2 N–H and O–H groups in total. The Hall–Kier alpha value is -2.90. The smallest absolute Gasteiger partial charge is 0.219 e. The number of halogens is 1. The van der Waals surface area contributed by atoms with Gasteiger partial charge in [0.1, 0.15) is 11.8 Å². The summed E-state index contributed by atoms with van der Waals surface area (Å²) in [5, 5.41) is 9.42. The first kappa shape index (κ1) is 20.0. The molecule has 1 aliphatic heterocycles. The van der Waals surface area contributed by atoms with Gasteiger partial charge in [-0.2, -0.15) is 5.10 Å². The molecule has 0 radical (unpaired) electrons. The first-order chi connectivity index (χ1) is 15.0. The highest BCUT2D eigenvalue weighted by atomic mass is 19.1. The van der Waals surface area contributed by atoms with Crippen molar-refractivity contribution in [2.75, 3.05) is 18.4 Å². The van der Waals surface area contributed by atoms with Gasteiger partial charge in [-0.15, -0.1) is 0 Å². The summed E-state index contributed by atoms with van der Waals surface area (Å²) in [6, 6.07) is 2.15. The maximum absolute atomic E-state index is 15.0. The number of alkyl halides is 1. The van der Waals surface area contributed by atoms with Crippen LogP contribution in [0.4, 0.5) is 10.1 Å². The van der Waals surface area contributed by atoms with Crippen molar-refractivity contribution in [3.05, 3.63) is 30.4 Å². The number of aromatic nitrogens is 4. The predicted octanol–water partition coefficient (Wildman–Crippen LogP) is 4.22. The quantitative estimate of drug-likeness (QED) is 0.657. The molecular formula is C23H29FN6O. The number of H-pyrrole nitrogens is 1. The van der Waals surface area contributed by atoms with E-state index in [1.807, 2.05) is 25.5 Å². The summed E-state index contributed by atoms with van der Waals surface area (Å²) in [6.07, 6.45) is 9.90. The van der Waals surface area contributed by atoms with Crippen LogP contribution in [0, 0.1) is 6.92 Å². The number of carbonyl (C=O) groups is 1. The number of aromatic amines is 1. The highest BCUT2D eigenvalue weighted by molar-refractivity contribution is 5.98. The predicted molar refractivity (Wildman–Crippen MR) is 119 cm³/mol. The monoisotopic (exact) mass is 424 g/mol. The fraction of sp³-hybridized carbons (Fsp3) is 0.522. The van der Waals surface area contributed by atoms with Crippen molar-refractivity contribution >= 4 is 22.6 Å². The van der Waals surface area contributed by atoms with E-state index in [0.29, 0.717) is 19.0 Å². The number of amides is 1. The number of likely N-dealkylation sites (tertiary alicyclic amines) is 1. The summed E-state index contributed by atoms with van der Waals surface area (Å²) in [5.74, 6) is -0.0764. The number of piperidine rings is 1.